The highest BCUT2D eigenvalue weighted by Crippen LogP contribution is 2.18. The number of ether oxygens (including phenoxy) is 1. The Balaban J connectivity index is 0.000000293. The van der Waals surface area contributed by atoms with Gasteiger partial charge in [-0.05, 0) is 19.8 Å². The first kappa shape index (κ1) is 14.8. The van der Waals surface area contributed by atoms with Crippen LogP contribution in [0.1, 0.15) is 47.0 Å². The van der Waals surface area contributed by atoms with Crippen molar-refractivity contribution >= 4 is 17.7 Å². The fourth-order valence-electron chi connectivity index (χ4n) is 1.12. The number of rotatable bonds is 3. The van der Waals surface area contributed by atoms with Crippen LogP contribution in [0.15, 0.2) is 0 Å². The van der Waals surface area contributed by atoms with E-state index in [-0.39, 0.29) is 30.2 Å². The third kappa shape index (κ3) is 5.05. The number of esters is 2. The topological polar surface area (TPSA) is 60.4 Å². The van der Waals surface area contributed by atoms with Crippen molar-refractivity contribution in [3.05, 3.63) is 0 Å². The molecule has 0 N–H and O–H groups in total. The zero-order chi connectivity index (χ0) is 12.7. The Labute approximate surface area is 96.4 Å². The lowest BCUT2D eigenvalue weighted by atomic mass is 10.1. The smallest absolute Gasteiger partial charge is 0.317 e. The predicted molar refractivity (Wildman–Crippen MR) is 59.6 cm³/mol. The molecule has 0 aromatic carbocycles. The molecule has 1 fully saturated rings. The van der Waals surface area contributed by atoms with Crippen molar-refractivity contribution in [2.75, 3.05) is 0 Å². The largest absolute Gasteiger partial charge is 0.393 e. The van der Waals surface area contributed by atoms with Crippen LogP contribution in [0.25, 0.3) is 0 Å². The number of hydrogen-bond donors (Lipinski definition) is 0. The zero-order valence-electron chi connectivity index (χ0n) is 10.4. The number of carbonyl (C=O) groups excluding carboxylic acids is 3. The molecule has 0 aromatic rings. The Bertz CT molecular complexity index is 270. The SMILES string of the molecule is CC[C@@H](C)C(C)=O.CC[C@@H]1CC(=O)OC1=O. The van der Waals surface area contributed by atoms with Crippen LogP contribution in [-0.2, 0) is 19.1 Å². The minimum atomic E-state index is -0.383. The predicted octanol–water partition coefficient (Wildman–Crippen LogP) is 2.11. The Hall–Kier alpha value is -1.19. The number of carbonyl (C=O) groups is 3. The molecule has 0 aliphatic carbocycles. The average molecular weight is 228 g/mol. The van der Waals surface area contributed by atoms with Gasteiger partial charge in [0, 0.05) is 5.92 Å². The molecule has 1 heterocycles. The van der Waals surface area contributed by atoms with Crippen LogP contribution >= 0.6 is 0 Å². The van der Waals surface area contributed by atoms with Crippen molar-refractivity contribution in [1.29, 1.82) is 0 Å². The van der Waals surface area contributed by atoms with E-state index < -0.39 is 0 Å². The number of hydrogen-bond acceptors (Lipinski definition) is 4. The van der Waals surface area contributed by atoms with Crippen LogP contribution in [0, 0.1) is 11.8 Å². The second-order valence-electron chi connectivity index (χ2n) is 4.02. The molecule has 0 aromatic heterocycles. The second kappa shape index (κ2) is 7.14. The average Bonchev–Trinajstić information content (AvgIpc) is 2.56. The number of ketones is 1. The van der Waals surface area contributed by atoms with E-state index in [4.69, 9.17) is 0 Å². The van der Waals surface area contributed by atoms with Crippen LogP contribution in [0.4, 0.5) is 0 Å². The molecule has 0 bridgehead atoms. The summed E-state index contributed by atoms with van der Waals surface area (Å²) in [6.07, 6.45) is 1.94. The van der Waals surface area contributed by atoms with Crippen molar-refractivity contribution in [2.45, 2.75) is 47.0 Å². The number of Topliss-reactive ketones (excluding diaryl/α,β-unsaturated/α-hetero) is 1. The van der Waals surface area contributed by atoms with Crippen molar-refractivity contribution in [2.24, 2.45) is 11.8 Å². The minimum Gasteiger partial charge on any atom is -0.393 e. The standard InChI is InChI=1S/C6H8O3.C6H12O/c1-2-4-3-5(7)9-6(4)8;1-4-5(2)6(3)7/h4H,2-3H2,1H3;5H,4H2,1-3H3/t4-;5-/m11/s1. The monoisotopic (exact) mass is 228 g/mol. The fraction of sp³-hybridized carbons (Fsp3) is 0.750. The molecule has 1 saturated heterocycles. The van der Waals surface area contributed by atoms with Gasteiger partial charge in [-0.25, -0.2) is 0 Å². The van der Waals surface area contributed by atoms with E-state index in [1.54, 1.807) is 6.92 Å². The van der Waals surface area contributed by atoms with E-state index in [2.05, 4.69) is 4.74 Å². The summed E-state index contributed by atoms with van der Waals surface area (Å²) < 4.78 is 4.29. The second-order valence-corrected chi connectivity index (χ2v) is 4.02. The molecule has 0 amide bonds. The lowest BCUT2D eigenvalue weighted by Crippen LogP contribution is -2.04. The molecule has 1 aliphatic heterocycles. The minimum absolute atomic E-state index is 0.169. The van der Waals surface area contributed by atoms with E-state index in [1.807, 2.05) is 20.8 Å². The lowest BCUT2D eigenvalue weighted by Gasteiger charge is -1.98. The van der Waals surface area contributed by atoms with Crippen LogP contribution < -0.4 is 0 Å². The van der Waals surface area contributed by atoms with E-state index in [9.17, 15) is 14.4 Å². The van der Waals surface area contributed by atoms with E-state index >= 15 is 0 Å². The highest BCUT2D eigenvalue weighted by atomic mass is 16.6. The first-order valence-electron chi connectivity index (χ1n) is 5.67. The summed E-state index contributed by atoms with van der Waals surface area (Å²) in [4.78, 5) is 31.3. The van der Waals surface area contributed by atoms with Gasteiger partial charge in [-0.1, -0.05) is 20.8 Å². The van der Waals surface area contributed by atoms with Gasteiger partial charge in [-0.15, -0.1) is 0 Å². The van der Waals surface area contributed by atoms with Gasteiger partial charge in [-0.2, -0.15) is 0 Å². The van der Waals surface area contributed by atoms with Gasteiger partial charge in [0.1, 0.15) is 5.78 Å². The van der Waals surface area contributed by atoms with Crippen molar-refractivity contribution < 1.29 is 19.1 Å². The normalized spacial score (nSPS) is 20.9. The molecule has 0 radical (unpaired) electrons. The molecule has 0 unspecified atom stereocenters. The summed E-state index contributed by atoms with van der Waals surface area (Å²) in [5.41, 5.74) is 0. The lowest BCUT2D eigenvalue weighted by molar-refractivity contribution is -0.153. The summed E-state index contributed by atoms with van der Waals surface area (Å²) >= 11 is 0. The maximum atomic E-state index is 10.6. The molecule has 92 valence electrons. The number of cyclic esters (lactones) is 2. The van der Waals surface area contributed by atoms with Gasteiger partial charge in [0.05, 0.1) is 12.3 Å². The molecular weight excluding hydrogens is 208 g/mol. The van der Waals surface area contributed by atoms with Crippen LogP contribution in [0.3, 0.4) is 0 Å². The Morgan fingerprint density at radius 1 is 1.44 bits per heavy atom. The third-order valence-electron chi connectivity index (χ3n) is 2.76. The molecule has 0 spiro atoms. The first-order chi connectivity index (χ1) is 7.42. The van der Waals surface area contributed by atoms with E-state index in [0.717, 1.165) is 6.42 Å². The third-order valence-corrected chi connectivity index (χ3v) is 2.76. The van der Waals surface area contributed by atoms with Gasteiger partial charge < -0.3 is 4.74 Å². The van der Waals surface area contributed by atoms with Crippen molar-refractivity contribution in [1.82, 2.24) is 0 Å². The molecule has 0 saturated carbocycles. The maximum absolute atomic E-state index is 10.6. The highest BCUT2D eigenvalue weighted by Gasteiger charge is 2.31. The Kier molecular flexibility index (Phi) is 6.61. The summed E-state index contributed by atoms with van der Waals surface area (Å²) in [5, 5.41) is 0. The molecule has 4 nitrogen and oxygen atoms in total. The summed E-state index contributed by atoms with van der Waals surface area (Å²) in [5.74, 6) is -0.352. The molecule has 1 aliphatic rings. The summed E-state index contributed by atoms with van der Waals surface area (Å²) in [7, 11) is 0. The Morgan fingerprint density at radius 2 is 2.00 bits per heavy atom. The van der Waals surface area contributed by atoms with E-state index in [1.165, 1.54) is 0 Å². The van der Waals surface area contributed by atoms with Gasteiger partial charge in [0.25, 0.3) is 0 Å². The van der Waals surface area contributed by atoms with E-state index in [0.29, 0.717) is 12.2 Å². The molecule has 1 rings (SSSR count). The molecule has 2 atom stereocenters. The summed E-state index contributed by atoms with van der Waals surface area (Å²) in [6, 6.07) is 0. The van der Waals surface area contributed by atoms with Crippen LogP contribution in [-0.4, -0.2) is 17.7 Å². The van der Waals surface area contributed by atoms with Gasteiger partial charge in [0.15, 0.2) is 0 Å². The first-order valence-corrected chi connectivity index (χ1v) is 5.67. The highest BCUT2D eigenvalue weighted by molar-refractivity contribution is 5.94. The van der Waals surface area contributed by atoms with Gasteiger partial charge in [-0.3, -0.25) is 14.4 Å². The van der Waals surface area contributed by atoms with Crippen molar-refractivity contribution in [3.8, 4) is 0 Å². The fourth-order valence-corrected chi connectivity index (χ4v) is 1.12. The van der Waals surface area contributed by atoms with Crippen LogP contribution in [0.2, 0.25) is 0 Å². The van der Waals surface area contributed by atoms with Crippen LogP contribution in [0.5, 0.6) is 0 Å². The van der Waals surface area contributed by atoms with Gasteiger partial charge >= 0.3 is 11.9 Å². The summed E-state index contributed by atoms with van der Waals surface area (Å²) in [6.45, 7) is 7.47. The molecular formula is C12H20O4. The maximum Gasteiger partial charge on any atom is 0.317 e. The van der Waals surface area contributed by atoms with Crippen molar-refractivity contribution in [3.63, 3.8) is 0 Å². The van der Waals surface area contributed by atoms with Gasteiger partial charge in [0.2, 0.25) is 0 Å². The quantitative estimate of drug-likeness (QED) is 0.548. The molecule has 16 heavy (non-hydrogen) atoms. The zero-order valence-corrected chi connectivity index (χ0v) is 10.4. The molecule has 4 heteroatoms. The Morgan fingerprint density at radius 3 is 2.12 bits per heavy atom.